The van der Waals surface area contributed by atoms with E-state index in [-0.39, 0.29) is 5.91 Å². The first-order chi connectivity index (χ1) is 8.41. The van der Waals surface area contributed by atoms with Crippen molar-refractivity contribution < 1.29 is 14.7 Å². The normalized spacial score (nSPS) is 23.7. The first kappa shape index (κ1) is 15.3. The second kappa shape index (κ2) is 6.45. The van der Waals surface area contributed by atoms with Crippen molar-refractivity contribution in [2.24, 2.45) is 5.41 Å². The second-order valence-corrected chi connectivity index (χ2v) is 6.83. The lowest BCUT2D eigenvalue weighted by Gasteiger charge is -2.24. The first-order valence-corrected chi connectivity index (χ1v) is 7.59. The Bertz CT molecular complexity index is 319. The monoisotopic (exact) mass is 273 g/mol. The van der Waals surface area contributed by atoms with E-state index >= 15 is 0 Å². The number of carboxylic acid groups (broad SMARTS) is 1. The summed E-state index contributed by atoms with van der Waals surface area (Å²) < 4.78 is 0. The van der Waals surface area contributed by atoms with Crippen LogP contribution in [0.2, 0.25) is 0 Å². The van der Waals surface area contributed by atoms with Crippen LogP contribution in [0.4, 0.5) is 0 Å². The van der Waals surface area contributed by atoms with Crippen LogP contribution in [0.15, 0.2) is 0 Å². The smallest absolute Gasteiger partial charge is 0.311 e. The van der Waals surface area contributed by atoms with Crippen LogP contribution in [0.1, 0.15) is 40.0 Å². The minimum Gasteiger partial charge on any atom is -0.481 e. The van der Waals surface area contributed by atoms with Crippen LogP contribution in [0, 0.1) is 5.41 Å². The highest BCUT2D eigenvalue weighted by Crippen LogP contribution is 2.35. The fourth-order valence-corrected chi connectivity index (χ4v) is 3.04. The summed E-state index contributed by atoms with van der Waals surface area (Å²) in [6, 6.07) is 0. The molecule has 1 aliphatic heterocycles. The molecule has 0 spiro atoms. The molecule has 0 saturated carbocycles. The summed E-state index contributed by atoms with van der Waals surface area (Å²) in [5, 5.41) is 9.80. The SMILES string of the molecule is CCCC1(C(=O)O)CCN(C(=O)CSC(C)C)C1. The molecule has 0 radical (unpaired) electrons. The van der Waals surface area contributed by atoms with E-state index in [1.807, 2.05) is 6.92 Å². The molecule has 0 aromatic rings. The molecular weight excluding hydrogens is 250 g/mol. The molecule has 0 bridgehead atoms. The largest absolute Gasteiger partial charge is 0.481 e. The molecule has 1 rings (SSSR count). The zero-order chi connectivity index (χ0) is 13.8. The number of carboxylic acids is 1. The Morgan fingerprint density at radius 1 is 1.44 bits per heavy atom. The van der Waals surface area contributed by atoms with E-state index in [9.17, 15) is 14.7 Å². The number of aliphatic carboxylic acids is 1. The van der Waals surface area contributed by atoms with Crippen LogP contribution >= 0.6 is 11.8 Å². The average molecular weight is 273 g/mol. The quantitative estimate of drug-likeness (QED) is 0.806. The van der Waals surface area contributed by atoms with E-state index in [0.29, 0.717) is 36.9 Å². The Hall–Kier alpha value is -0.710. The molecular formula is C13H23NO3S. The van der Waals surface area contributed by atoms with E-state index in [1.165, 1.54) is 0 Å². The van der Waals surface area contributed by atoms with Gasteiger partial charge in [-0.1, -0.05) is 27.2 Å². The van der Waals surface area contributed by atoms with Crippen molar-refractivity contribution in [1.29, 1.82) is 0 Å². The van der Waals surface area contributed by atoms with Gasteiger partial charge >= 0.3 is 5.97 Å². The van der Waals surface area contributed by atoms with Gasteiger partial charge in [0.15, 0.2) is 0 Å². The van der Waals surface area contributed by atoms with E-state index in [4.69, 9.17) is 0 Å². The third-order valence-electron chi connectivity index (χ3n) is 3.43. The van der Waals surface area contributed by atoms with Crippen molar-refractivity contribution in [2.75, 3.05) is 18.8 Å². The number of hydrogen-bond acceptors (Lipinski definition) is 3. The summed E-state index contributed by atoms with van der Waals surface area (Å²) in [5.74, 6) is -0.219. The Morgan fingerprint density at radius 2 is 2.11 bits per heavy atom. The van der Waals surface area contributed by atoms with Crippen LogP contribution in [0.5, 0.6) is 0 Å². The molecule has 0 aromatic heterocycles. The molecule has 1 amide bonds. The number of likely N-dealkylation sites (tertiary alicyclic amines) is 1. The lowest BCUT2D eigenvalue weighted by atomic mass is 9.83. The number of hydrogen-bond donors (Lipinski definition) is 1. The summed E-state index contributed by atoms with van der Waals surface area (Å²) >= 11 is 1.61. The number of rotatable bonds is 6. The van der Waals surface area contributed by atoms with Crippen molar-refractivity contribution >= 4 is 23.6 Å². The van der Waals surface area contributed by atoms with Crippen LogP contribution in [0.25, 0.3) is 0 Å². The summed E-state index contributed by atoms with van der Waals surface area (Å²) in [5.41, 5.74) is -0.701. The molecule has 18 heavy (non-hydrogen) atoms. The van der Waals surface area contributed by atoms with Crippen molar-refractivity contribution in [3.05, 3.63) is 0 Å². The summed E-state index contributed by atoms with van der Waals surface area (Å²) in [4.78, 5) is 25.1. The number of amides is 1. The Morgan fingerprint density at radius 3 is 2.61 bits per heavy atom. The molecule has 0 aliphatic carbocycles. The number of carbonyl (C=O) groups excluding carboxylic acids is 1. The summed E-state index contributed by atoms with van der Waals surface area (Å²) in [6.07, 6.45) is 2.09. The van der Waals surface area contributed by atoms with Crippen LogP contribution in [-0.4, -0.2) is 46.0 Å². The predicted molar refractivity (Wildman–Crippen MR) is 73.8 cm³/mol. The third-order valence-corrected chi connectivity index (χ3v) is 4.51. The maximum absolute atomic E-state index is 12.0. The van der Waals surface area contributed by atoms with Crippen LogP contribution < -0.4 is 0 Å². The molecule has 1 saturated heterocycles. The fraction of sp³-hybridized carbons (Fsp3) is 0.846. The van der Waals surface area contributed by atoms with Gasteiger partial charge in [-0.25, -0.2) is 0 Å². The van der Waals surface area contributed by atoms with Gasteiger partial charge in [0.2, 0.25) is 5.91 Å². The zero-order valence-corrected chi connectivity index (χ0v) is 12.3. The Kier molecular flexibility index (Phi) is 5.50. The molecule has 1 fully saturated rings. The number of carbonyl (C=O) groups is 2. The Balaban J connectivity index is 2.58. The average Bonchev–Trinajstić information content (AvgIpc) is 2.72. The number of nitrogens with zero attached hydrogens (tertiary/aromatic N) is 1. The molecule has 5 heteroatoms. The lowest BCUT2D eigenvalue weighted by Crippen LogP contribution is -2.37. The summed E-state index contributed by atoms with van der Waals surface area (Å²) in [7, 11) is 0. The molecule has 1 unspecified atom stereocenters. The van der Waals surface area contributed by atoms with Crippen LogP contribution in [0.3, 0.4) is 0 Å². The maximum Gasteiger partial charge on any atom is 0.311 e. The van der Waals surface area contributed by atoms with Gasteiger partial charge in [-0.3, -0.25) is 9.59 Å². The van der Waals surface area contributed by atoms with E-state index < -0.39 is 11.4 Å². The lowest BCUT2D eigenvalue weighted by molar-refractivity contribution is -0.148. The second-order valence-electron chi connectivity index (χ2n) is 5.26. The van der Waals surface area contributed by atoms with Crippen molar-refractivity contribution in [1.82, 2.24) is 4.90 Å². The standard InChI is InChI=1S/C13H23NO3S/c1-4-5-13(12(16)17)6-7-14(9-13)11(15)8-18-10(2)3/h10H,4-9H2,1-3H3,(H,16,17). The van der Waals surface area contributed by atoms with Gasteiger partial charge in [-0.2, -0.15) is 0 Å². The molecule has 1 atom stereocenters. The van der Waals surface area contributed by atoms with Crippen molar-refractivity contribution in [2.45, 2.75) is 45.3 Å². The molecule has 0 aromatic carbocycles. The van der Waals surface area contributed by atoms with E-state index in [1.54, 1.807) is 16.7 Å². The van der Waals surface area contributed by atoms with Gasteiger partial charge in [-0.05, 0) is 18.1 Å². The van der Waals surface area contributed by atoms with Gasteiger partial charge in [0.05, 0.1) is 11.2 Å². The predicted octanol–water partition coefficient (Wildman–Crippen LogP) is 2.23. The Labute approximate surface area is 113 Å². The first-order valence-electron chi connectivity index (χ1n) is 6.54. The zero-order valence-electron chi connectivity index (χ0n) is 11.4. The summed E-state index contributed by atoms with van der Waals surface area (Å²) in [6.45, 7) is 7.07. The van der Waals surface area contributed by atoms with Gasteiger partial charge in [0.1, 0.15) is 0 Å². The topological polar surface area (TPSA) is 57.6 Å². The highest BCUT2D eigenvalue weighted by molar-refractivity contribution is 8.00. The van der Waals surface area contributed by atoms with Crippen molar-refractivity contribution in [3.8, 4) is 0 Å². The van der Waals surface area contributed by atoms with Gasteiger partial charge in [0, 0.05) is 13.1 Å². The maximum atomic E-state index is 12.0. The minimum atomic E-state index is -0.754. The van der Waals surface area contributed by atoms with E-state index in [2.05, 4.69) is 13.8 Å². The molecule has 1 aliphatic rings. The molecule has 104 valence electrons. The third kappa shape index (κ3) is 3.64. The van der Waals surface area contributed by atoms with Crippen LogP contribution in [-0.2, 0) is 9.59 Å². The van der Waals surface area contributed by atoms with Crippen molar-refractivity contribution in [3.63, 3.8) is 0 Å². The van der Waals surface area contributed by atoms with Gasteiger partial charge in [0.25, 0.3) is 0 Å². The van der Waals surface area contributed by atoms with Gasteiger partial charge in [-0.15, -0.1) is 11.8 Å². The minimum absolute atomic E-state index is 0.0768. The van der Waals surface area contributed by atoms with Gasteiger partial charge < -0.3 is 10.0 Å². The molecule has 1 N–H and O–H groups in total. The highest BCUT2D eigenvalue weighted by Gasteiger charge is 2.45. The fourth-order valence-electron chi connectivity index (χ4n) is 2.38. The molecule has 4 nitrogen and oxygen atoms in total. The number of thioether (sulfide) groups is 1. The molecule has 1 heterocycles. The van der Waals surface area contributed by atoms with E-state index in [0.717, 1.165) is 6.42 Å². The highest BCUT2D eigenvalue weighted by atomic mass is 32.2.